The Morgan fingerprint density at radius 2 is 0.838 bits per heavy atom. The van der Waals surface area contributed by atoms with E-state index in [1.807, 2.05) is 0 Å². The van der Waals surface area contributed by atoms with Crippen LogP contribution in [0.15, 0.2) is 132 Å². The minimum atomic E-state index is 1.15. The van der Waals surface area contributed by atoms with E-state index in [9.17, 15) is 0 Å². The molecule has 0 unspecified atom stereocenters. The van der Waals surface area contributed by atoms with Gasteiger partial charge in [-0.05, 0) is 94.3 Å². The van der Waals surface area contributed by atoms with Gasteiger partial charge in [-0.2, -0.15) is 0 Å². The van der Waals surface area contributed by atoms with Gasteiger partial charge in [-0.3, -0.25) is 0 Å². The molecular formula is C36H21Br. The maximum Gasteiger partial charge on any atom is 0.0254 e. The molecule has 0 saturated heterocycles. The quantitative estimate of drug-likeness (QED) is 0.153. The average molecular weight is 533 g/mol. The molecule has 1 heteroatoms. The van der Waals surface area contributed by atoms with E-state index in [4.69, 9.17) is 0 Å². The predicted octanol–water partition coefficient (Wildman–Crippen LogP) is 11.0. The monoisotopic (exact) mass is 532 g/mol. The molecule has 8 aromatic carbocycles. The number of hydrogen-bond donors (Lipinski definition) is 0. The summed E-state index contributed by atoms with van der Waals surface area (Å²) in [6.45, 7) is 0. The van der Waals surface area contributed by atoms with Crippen LogP contribution in [0.5, 0.6) is 0 Å². The number of halogens is 1. The molecule has 0 aliphatic carbocycles. The van der Waals surface area contributed by atoms with E-state index in [0.717, 1.165) is 4.47 Å². The van der Waals surface area contributed by atoms with E-state index in [0.29, 0.717) is 0 Å². The average Bonchev–Trinajstić information content (AvgIpc) is 2.95. The molecule has 8 rings (SSSR count). The van der Waals surface area contributed by atoms with Crippen LogP contribution in [0, 0.1) is 0 Å². The Labute approximate surface area is 223 Å². The van der Waals surface area contributed by atoms with Gasteiger partial charge in [0.2, 0.25) is 0 Å². The van der Waals surface area contributed by atoms with Crippen molar-refractivity contribution < 1.29 is 0 Å². The van der Waals surface area contributed by atoms with E-state index in [1.165, 1.54) is 76.1 Å². The van der Waals surface area contributed by atoms with Crippen LogP contribution in [0.25, 0.3) is 76.1 Å². The first-order chi connectivity index (χ1) is 18.3. The van der Waals surface area contributed by atoms with Crippen LogP contribution in [0.4, 0.5) is 0 Å². The second-order valence-corrected chi connectivity index (χ2v) is 10.7. The summed E-state index contributed by atoms with van der Waals surface area (Å²) in [5, 5.41) is 12.9. The first-order valence-corrected chi connectivity index (χ1v) is 13.4. The number of rotatable bonds is 2. The maximum absolute atomic E-state index is 3.77. The fourth-order valence-electron chi connectivity index (χ4n) is 6.28. The first-order valence-electron chi connectivity index (χ1n) is 12.6. The highest BCUT2D eigenvalue weighted by Gasteiger charge is 2.18. The van der Waals surface area contributed by atoms with Gasteiger partial charge in [0.15, 0.2) is 0 Å². The first kappa shape index (κ1) is 20.9. The Morgan fingerprint density at radius 1 is 0.351 bits per heavy atom. The van der Waals surface area contributed by atoms with E-state index < -0.39 is 0 Å². The number of benzene rings is 8. The van der Waals surface area contributed by atoms with Gasteiger partial charge in [0.05, 0.1) is 0 Å². The molecule has 0 aromatic heterocycles. The highest BCUT2D eigenvalue weighted by Crippen LogP contribution is 2.46. The van der Waals surface area contributed by atoms with Gasteiger partial charge in [0.1, 0.15) is 0 Å². The molecule has 0 atom stereocenters. The Morgan fingerprint density at radius 3 is 1.46 bits per heavy atom. The lowest BCUT2D eigenvalue weighted by Gasteiger charge is -2.19. The summed E-state index contributed by atoms with van der Waals surface area (Å²) < 4.78 is 1.15. The third-order valence-corrected chi connectivity index (χ3v) is 8.52. The second kappa shape index (κ2) is 7.90. The van der Waals surface area contributed by atoms with Crippen LogP contribution in [-0.2, 0) is 0 Å². The summed E-state index contributed by atoms with van der Waals surface area (Å²) in [6.07, 6.45) is 0. The fourth-order valence-corrected chi connectivity index (χ4v) is 6.75. The van der Waals surface area contributed by atoms with Crippen LogP contribution in [0.3, 0.4) is 0 Å². The van der Waals surface area contributed by atoms with Crippen LogP contribution < -0.4 is 0 Å². The lowest BCUT2D eigenvalue weighted by molar-refractivity contribution is 1.66. The zero-order valence-corrected chi connectivity index (χ0v) is 21.6. The third kappa shape index (κ3) is 3.01. The lowest BCUT2D eigenvalue weighted by atomic mass is 9.84. The zero-order valence-electron chi connectivity index (χ0n) is 20.0. The molecule has 0 saturated carbocycles. The van der Waals surface area contributed by atoms with Crippen molar-refractivity contribution >= 4 is 69.8 Å². The second-order valence-electron chi connectivity index (χ2n) is 9.83. The minimum Gasteiger partial charge on any atom is -0.0622 e. The molecule has 0 aliphatic rings. The van der Waals surface area contributed by atoms with Gasteiger partial charge in [-0.15, -0.1) is 0 Å². The summed E-state index contributed by atoms with van der Waals surface area (Å²) in [5.41, 5.74) is 5.12. The molecule has 37 heavy (non-hydrogen) atoms. The van der Waals surface area contributed by atoms with Gasteiger partial charge < -0.3 is 0 Å². The van der Waals surface area contributed by atoms with Gasteiger partial charge in [0, 0.05) is 4.47 Å². The van der Waals surface area contributed by atoms with Gasteiger partial charge in [-0.25, -0.2) is 0 Å². The van der Waals surface area contributed by atoms with Crippen molar-refractivity contribution in [1.29, 1.82) is 0 Å². The number of fused-ring (bicyclic) bond motifs is 2. The van der Waals surface area contributed by atoms with Crippen molar-refractivity contribution in [2.75, 3.05) is 0 Å². The van der Waals surface area contributed by atoms with Gasteiger partial charge in [0.25, 0.3) is 0 Å². The van der Waals surface area contributed by atoms with E-state index in [1.54, 1.807) is 0 Å². The van der Waals surface area contributed by atoms with Crippen molar-refractivity contribution in [2.24, 2.45) is 0 Å². The summed E-state index contributed by atoms with van der Waals surface area (Å²) in [7, 11) is 0. The number of hydrogen-bond acceptors (Lipinski definition) is 0. The topological polar surface area (TPSA) is 0 Å². The van der Waals surface area contributed by atoms with Crippen molar-refractivity contribution in [2.45, 2.75) is 0 Å². The van der Waals surface area contributed by atoms with Gasteiger partial charge in [-0.1, -0.05) is 125 Å². The molecule has 0 spiro atoms. The largest absolute Gasteiger partial charge is 0.0622 e. The maximum atomic E-state index is 3.77. The van der Waals surface area contributed by atoms with Crippen LogP contribution in [-0.4, -0.2) is 0 Å². The molecule has 0 N–H and O–H groups in total. The normalized spacial score (nSPS) is 11.9. The van der Waals surface area contributed by atoms with Crippen molar-refractivity contribution in [1.82, 2.24) is 0 Å². The van der Waals surface area contributed by atoms with Gasteiger partial charge >= 0.3 is 0 Å². The fraction of sp³-hybridized carbons (Fsp3) is 0. The molecule has 0 aliphatic heterocycles. The van der Waals surface area contributed by atoms with Crippen molar-refractivity contribution in [3.05, 3.63) is 132 Å². The standard InChI is InChI=1S/C36H21Br/c37-32-19-17-23-14-15-24-20-26(21-25-16-18-31(32)36(23)33(24)25)35-29-12-6-4-10-27(29)34(22-8-2-1-3-9-22)28-11-5-7-13-30(28)35/h1-21H. The highest BCUT2D eigenvalue weighted by molar-refractivity contribution is 9.10. The summed E-state index contributed by atoms with van der Waals surface area (Å²) in [4.78, 5) is 0. The predicted molar refractivity (Wildman–Crippen MR) is 164 cm³/mol. The smallest absolute Gasteiger partial charge is 0.0254 e. The van der Waals surface area contributed by atoms with E-state index >= 15 is 0 Å². The van der Waals surface area contributed by atoms with E-state index in [-0.39, 0.29) is 0 Å². The van der Waals surface area contributed by atoms with Crippen LogP contribution in [0.2, 0.25) is 0 Å². The molecule has 0 heterocycles. The Bertz CT molecular complexity index is 2060. The summed E-state index contributed by atoms with van der Waals surface area (Å²) in [5.74, 6) is 0. The van der Waals surface area contributed by atoms with Crippen LogP contribution >= 0.6 is 15.9 Å². The van der Waals surface area contributed by atoms with Crippen molar-refractivity contribution in [3.63, 3.8) is 0 Å². The van der Waals surface area contributed by atoms with Crippen LogP contribution in [0.1, 0.15) is 0 Å². The van der Waals surface area contributed by atoms with E-state index in [2.05, 4.69) is 143 Å². The Hall–Kier alpha value is -4.20. The SMILES string of the molecule is Brc1ccc2ccc3cc(-c4c5ccccc5c(-c5ccccc5)c5ccccc45)cc4ccc1c2c34. The molecule has 0 bridgehead atoms. The zero-order chi connectivity index (χ0) is 24.5. The molecule has 0 nitrogen and oxygen atoms in total. The molecule has 172 valence electrons. The highest BCUT2D eigenvalue weighted by atomic mass is 79.9. The van der Waals surface area contributed by atoms with Crippen molar-refractivity contribution in [3.8, 4) is 22.3 Å². The molecule has 0 amide bonds. The molecule has 8 aromatic rings. The molecule has 0 fully saturated rings. The minimum absolute atomic E-state index is 1.15. The lowest BCUT2D eigenvalue weighted by Crippen LogP contribution is -1.91. The third-order valence-electron chi connectivity index (χ3n) is 7.83. The summed E-state index contributed by atoms with van der Waals surface area (Å²) in [6, 6.07) is 46.8. The molecular weight excluding hydrogens is 512 g/mol. The summed E-state index contributed by atoms with van der Waals surface area (Å²) >= 11 is 3.77. The Kier molecular flexibility index (Phi) is 4.47. The Balaban J connectivity index is 1.53. The molecule has 0 radical (unpaired) electrons.